The van der Waals surface area contributed by atoms with Crippen LogP contribution in [0.1, 0.15) is 0 Å². The van der Waals surface area contributed by atoms with Crippen molar-refractivity contribution < 1.29 is 14.3 Å². The number of morpholine rings is 1. The molecule has 0 atom stereocenters. The van der Waals surface area contributed by atoms with Crippen molar-refractivity contribution in [2.45, 2.75) is 0 Å². The monoisotopic (exact) mass is 227 g/mol. The number of hydrogen-bond donors (Lipinski definition) is 2. The highest BCUT2D eigenvalue weighted by Crippen LogP contribution is 2.09. The van der Waals surface area contributed by atoms with Gasteiger partial charge in [0, 0.05) is 26.3 Å². The van der Waals surface area contributed by atoms with E-state index in [1.54, 1.807) is 13.2 Å². The molecular formula is C10H17N3O3. The molecule has 0 aromatic carbocycles. The van der Waals surface area contributed by atoms with Crippen LogP contribution in [0.15, 0.2) is 11.9 Å². The minimum atomic E-state index is -0.631. The van der Waals surface area contributed by atoms with Gasteiger partial charge in [0.15, 0.2) is 5.71 Å². The van der Waals surface area contributed by atoms with E-state index in [-0.39, 0.29) is 5.71 Å². The number of nitrogens with one attached hydrogen (secondary N) is 2. The maximum absolute atomic E-state index is 11.3. The number of ether oxygens (including phenoxy) is 2. The molecule has 1 heterocycles. The lowest BCUT2D eigenvalue weighted by Crippen LogP contribution is -2.40. The first kappa shape index (κ1) is 12.5. The third-order valence-corrected chi connectivity index (χ3v) is 2.28. The smallest absolute Gasteiger partial charge is 0.358 e. The molecule has 16 heavy (non-hydrogen) atoms. The summed E-state index contributed by atoms with van der Waals surface area (Å²) >= 11 is 0. The lowest BCUT2D eigenvalue weighted by Gasteiger charge is -2.30. The maximum Gasteiger partial charge on any atom is 0.358 e. The summed E-state index contributed by atoms with van der Waals surface area (Å²) in [4.78, 5) is 13.2. The zero-order valence-electron chi connectivity index (χ0n) is 9.58. The number of hydrogen-bond acceptors (Lipinski definition) is 6. The van der Waals surface area contributed by atoms with E-state index in [0.29, 0.717) is 32.0 Å². The first-order valence-corrected chi connectivity index (χ1v) is 5.08. The predicted molar refractivity (Wildman–Crippen MR) is 59.3 cm³/mol. The Kier molecular flexibility index (Phi) is 4.78. The van der Waals surface area contributed by atoms with Gasteiger partial charge in [-0.2, -0.15) is 0 Å². The molecule has 1 aliphatic heterocycles. The molecule has 1 saturated heterocycles. The first-order chi connectivity index (χ1) is 7.70. The van der Waals surface area contributed by atoms with E-state index in [1.165, 1.54) is 7.11 Å². The Labute approximate surface area is 94.7 Å². The van der Waals surface area contributed by atoms with Gasteiger partial charge in [-0.05, 0) is 0 Å². The fourth-order valence-corrected chi connectivity index (χ4v) is 1.47. The molecule has 1 fully saturated rings. The molecule has 0 saturated carbocycles. The molecule has 0 aromatic heterocycles. The van der Waals surface area contributed by atoms with Crippen molar-refractivity contribution in [2.24, 2.45) is 0 Å². The lowest BCUT2D eigenvalue weighted by atomic mass is 10.2. The number of methoxy groups -OCH3 is 1. The second-order valence-electron chi connectivity index (χ2n) is 3.28. The van der Waals surface area contributed by atoms with E-state index in [9.17, 15) is 4.79 Å². The quantitative estimate of drug-likeness (QED) is 0.503. The van der Waals surface area contributed by atoms with Gasteiger partial charge in [0.1, 0.15) is 0 Å². The Morgan fingerprint density at radius 3 is 2.62 bits per heavy atom. The van der Waals surface area contributed by atoms with E-state index in [0.717, 1.165) is 0 Å². The van der Waals surface area contributed by atoms with Crippen LogP contribution in [-0.2, 0) is 14.3 Å². The van der Waals surface area contributed by atoms with Crippen LogP contribution in [0.3, 0.4) is 0 Å². The molecule has 0 aliphatic carbocycles. The standard InChI is InChI=1S/C10H17N3O3/c1-12-7-8(9(11)10(14)15-2)13-3-5-16-6-4-13/h7,11-12H,3-6H2,1-2H3/b8-7+,11-9?. The fourth-order valence-electron chi connectivity index (χ4n) is 1.47. The van der Waals surface area contributed by atoms with Gasteiger partial charge in [-0.15, -0.1) is 0 Å². The Balaban J connectivity index is 2.77. The Bertz CT molecular complexity index is 296. The molecular weight excluding hydrogens is 210 g/mol. The molecule has 0 amide bonds. The highest BCUT2D eigenvalue weighted by atomic mass is 16.5. The van der Waals surface area contributed by atoms with E-state index in [4.69, 9.17) is 10.1 Å². The van der Waals surface area contributed by atoms with Crippen LogP contribution in [0.4, 0.5) is 0 Å². The average Bonchev–Trinajstić information content (AvgIpc) is 2.35. The molecule has 0 bridgehead atoms. The molecule has 6 nitrogen and oxygen atoms in total. The normalized spacial score (nSPS) is 16.9. The molecule has 0 radical (unpaired) electrons. The molecule has 1 aliphatic rings. The van der Waals surface area contributed by atoms with Gasteiger partial charge in [0.05, 0.1) is 26.0 Å². The van der Waals surface area contributed by atoms with E-state index in [2.05, 4.69) is 10.1 Å². The van der Waals surface area contributed by atoms with E-state index >= 15 is 0 Å². The van der Waals surface area contributed by atoms with Crippen molar-refractivity contribution in [1.29, 1.82) is 5.41 Å². The molecule has 90 valence electrons. The summed E-state index contributed by atoms with van der Waals surface area (Å²) in [5, 5.41) is 10.6. The maximum atomic E-state index is 11.3. The van der Waals surface area contributed by atoms with Gasteiger partial charge in [-0.3, -0.25) is 5.41 Å². The van der Waals surface area contributed by atoms with Crippen LogP contribution in [0, 0.1) is 5.41 Å². The highest BCUT2D eigenvalue weighted by Gasteiger charge is 2.22. The molecule has 0 spiro atoms. The summed E-state index contributed by atoms with van der Waals surface area (Å²) < 4.78 is 9.76. The minimum Gasteiger partial charge on any atom is -0.464 e. The van der Waals surface area contributed by atoms with Crippen molar-refractivity contribution in [1.82, 2.24) is 10.2 Å². The third-order valence-electron chi connectivity index (χ3n) is 2.28. The van der Waals surface area contributed by atoms with Crippen LogP contribution in [0.25, 0.3) is 0 Å². The number of carbonyl (C=O) groups is 1. The Morgan fingerprint density at radius 1 is 1.50 bits per heavy atom. The van der Waals surface area contributed by atoms with Crippen molar-refractivity contribution in [3.05, 3.63) is 11.9 Å². The summed E-state index contributed by atoms with van der Waals surface area (Å²) in [7, 11) is 3.00. The van der Waals surface area contributed by atoms with Crippen molar-refractivity contribution >= 4 is 11.7 Å². The third kappa shape index (κ3) is 2.96. The number of rotatable bonds is 4. The first-order valence-electron chi connectivity index (χ1n) is 5.08. The highest BCUT2D eigenvalue weighted by molar-refractivity contribution is 6.41. The van der Waals surface area contributed by atoms with Crippen molar-refractivity contribution in [3.63, 3.8) is 0 Å². The van der Waals surface area contributed by atoms with Gasteiger partial charge in [0.25, 0.3) is 0 Å². The molecule has 6 heteroatoms. The summed E-state index contributed by atoms with van der Waals surface area (Å²) in [5.41, 5.74) is 0.399. The predicted octanol–water partition coefficient (Wildman–Crippen LogP) is -0.428. The Hall–Kier alpha value is -1.56. The zero-order valence-corrected chi connectivity index (χ0v) is 9.58. The SMILES string of the molecule is CN/C=C(\C(=N)C(=O)OC)N1CCOCC1. The number of esters is 1. The average molecular weight is 227 g/mol. The van der Waals surface area contributed by atoms with Crippen LogP contribution >= 0.6 is 0 Å². The molecule has 1 rings (SSSR count). The summed E-state index contributed by atoms with van der Waals surface area (Å²) in [6, 6.07) is 0. The molecule has 0 aromatic rings. The second-order valence-corrected chi connectivity index (χ2v) is 3.28. The fraction of sp³-hybridized carbons (Fsp3) is 0.600. The van der Waals surface area contributed by atoms with E-state index in [1.807, 2.05) is 4.90 Å². The van der Waals surface area contributed by atoms with Crippen LogP contribution in [0.2, 0.25) is 0 Å². The van der Waals surface area contributed by atoms with Crippen molar-refractivity contribution in [3.8, 4) is 0 Å². The van der Waals surface area contributed by atoms with Gasteiger partial charge < -0.3 is 19.7 Å². The van der Waals surface area contributed by atoms with Crippen LogP contribution in [-0.4, -0.2) is 57.0 Å². The number of nitrogens with zero attached hydrogens (tertiary/aromatic N) is 1. The zero-order chi connectivity index (χ0) is 12.0. The molecule has 0 unspecified atom stereocenters. The summed E-state index contributed by atoms with van der Waals surface area (Å²) in [5.74, 6) is -0.631. The lowest BCUT2D eigenvalue weighted by molar-refractivity contribution is -0.132. The van der Waals surface area contributed by atoms with Gasteiger partial charge in [0.2, 0.25) is 0 Å². The van der Waals surface area contributed by atoms with Gasteiger partial charge in [-0.1, -0.05) is 0 Å². The minimum absolute atomic E-state index is 0.140. The number of carbonyl (C=O) groups excluding carboxylic acids is 1. The van der Waals surface area contributed by atoms with Crippen LogP contribution < -0.4 is 5.32 Å². The van der Waals surface area contributed by atoms with Crippen molar-refractivity contribution in [2.75, 3.05) is 40.5 Å². The Morgan fingerprint density at radius 2 is 2.12 bits per heavy atom. The molecule has 2 N–H and O–H groups in total. The van der Waals surface area contributed by atoms with Gasteiger partial charge >= 0.3 is 5.97 Å². The topological polar surface area (TPSA) is 74.7 Å². The van der Waals surface area contributed by atoms with Gasteiger partial charge in [-0.25, -0.2) is 4.79 Å². The second kappa shape index (κ2) is 6.12. The largest absolute Gasteiger partial charge is 0.464 e. The van der Waals surface area contributed by atoms with E-state index < -0.39 is 5.97 Å². The van der Waals surface area contributed by atoms with Crippen LogP contribution in [0.5, 0.6) is 0 Å². The summed E-state index contributed by atoms with van der Waals surface area (Å²) in [6.07, 6.45) is 1.63. The summed E-state index contributed by atoms with van der Waals surface area (Å²) in [6.45, 7) is 2.56.